The molecular weight excluding hydrogens is 408 g/mol. The fourth-order valence-corrected chi connectivity index (χ4v) is 3.61. The van der Waals surface area contributed by atoms with Crippen LogP contribution in [0.5, 0.6) is 5.75 Å². The fraction of sp³-hybridized carbons (Fsp3) is 0.381. The Hall–Kier alpha value is -2.84. The Balaban J connectivity index is 1.75. The molecule has 0 radical (unpaired) electrons. The first-order valence-electron chi connectivity index (χ1n) is 9.94. The van der Waals surface area contributed by atoms with E-state index in [4.69, 9.17) is 11.6 Å². The van der Waals surface area contributed by atoms with Crippen molar-refractivity contribution in [3.05, 3.63) is 62.5 Å². The number of aromatic hydroxyl groups is 1. The van der Waals surface area contributed by atoms with Crippen molar-refractivity contribution in [3.8, 4) is 5.75 Å². The van der Waals surface area contributed by atoms with Gasteiger partial charge in [0.25, 0.3) is 11.8 Å². The number of piperidine rings is 1. The van der Waals surface area contributed by atoms with E-state index in [1.807, 2.05) is 6.92 Å². The second-order valence-corrected chi connectivity index (χ2v) is 7.56. The molecule has 1 aromatic carbocycles. The van der Waals surface area contributed by atoms with Crippen LogP contribution in [-0.2, 0) is 6.54 Å². The molecule has 3 rings (SSSR count). The van der Waals surface area contributed by atoms with Gasteiger partial charge in [-0.1, -0.05) is 23.7 Å². The fourth-order valence-electron chi connectivity index (χ4n) is 3.48. The summed E-state index contributed by atoms with van der Waals surface area (Å²) in [4.78, 5) is 42.1. The summed E-state index contributed by atoms with van der Waals surface area (Å²) in [7, 11) is 0. The Morgan fingerprint density at radius 3 is 2.63 bits per heavy atom. The molecule has 1 aromatic heterocycles. The number of nitrogens with one attached hydrogen (secondary N) is 3. The molecule has 0 saturated carbocycles. The van der Waals surface area contributed by atoms with E-state index in [9.17, 15) is 19.5 Å². The molecule has 1 atom stereocenters. The van der Waals surface area contributed by atoms with Gasteiger partial charge in [-0.2, -0.15) is 0 Å². The van der Waals surface area contributed by atoms with Gasteiger partial charge in [0.1, 0.15) is 5.56 Å². The van der Waals surface area contributed by atoms with Crippen LogP contribution in [0.1, 0.15) is 52.6 Å². The van der Waals surface area contributed by atoms with Crippen molar-refractivity contribution < 1.29 is 14.7 Å². The second kappa shape index (κ2) is 9.77. The van der Waals surface area contributed by atoms with Crippen LogP contribution in [0.4, 0.5) is 0 Å². The number of benzene rings is 1. The summed E-state index contributed by atoms with van der Waals surface area (Å²) in [5, 5.41) is 16.8. The van der Waals surface area contributed by atoms with E-state index in [2.05, 4.69) is 15.6 Å². The molecule has 0 bridgehead atoms. The van der Waals surface area contributed by atoms with Gasteiger partial charge >= 0.3 is 0 Å². The minimum absolute atomic E-state index is 0.151. The molecule has 4 N–H and O–H groups in total. The number of aromatic nitrogens is 1. The van der Waals surface area contributed by atoms with E-state index >= 15 is 0 Å². The van der Waals surface area contributed by atoms with Crippen LogP contribution in [0.25, 0.3) is 0 Å². The van der Waals surface area contributed by atoms with Crippen molar-refractivity contribution in [2.24, 2.45) is 0 Å². The number of carbonyl (C=O) groups is 2. The molecule has 8 nitrogen and oxygen atoms in total. The lowest BCUT2D eigenvalue weighted by atomic mass is 10.1. The molecule has 1 fully saturated rings. The molecular formula is C21H25ClN4O4. The van der Waals surface area contributed by atoms with Crippen LogP contribution in [-0.4, -0.2) is 46.1 Å². The Morgan fingerprint density at radius 2 is 2.00 bits per heavy atom. The minimum Gasteiger partial charge on any atom is -0.503 e. The summed E-state index contributed by atoms with van der Waals surface area (Å²) in [6, 6.07) is 6.90. The largest absolute Gasteiger partial charge is 0.503 e. The number of nitrogens with zero attached hydrogens (tertiary/aromatic N) is 1. The Bertz CT molecular complexity index is 968. The highest BCUT2D eigenvalue weighted by Crippen LogP contribution is 2.18. The predicted molar refractivity (Wildman–Crippen MR) is 114 cm³/mol. The maximum atomic E-state index is 12.9. The van der Waals surface area contributed by atoms with Crippen LogP contribution in [0.2, 0.25) is 5.02 Å². The minimum atomic E-state index is -0.890. The zero-order valence-electron chi connectivity index (χ0n) is 16.7. The molecule has 2 aromatic rings. The first-order valence-corrected chi connectivity index (χ1v) is 10.3. The zero-order chi connectivity index (χ0) is 21.7. The maximum Gasteiger partial charge on any atom is 0.275 e. The average Bonchev–Trinajstić information content (AvgIpc) is 2.76. The van der Waals surface area contributed by atoms with Gasteiger partial charge in [-0.25, -0.2) is 0 Å². The summed E-state index contributed by atoms with van der Waals surface area (Å²) in [5.41, 5.74) is -0.572. The van der Waals surface area contributed by atoms with Crippen molar-refractivity contribution in [1.29, 1.82) is 0 Å². The van der Waals surface area contributed by atoms with E-state index in [0.29, 0.717) is 11.6 Å². The highest BCUT2D eigenvalue weighted by molar-refractivity contribution is 6.30. The lowest BCUT2D eigenvalue weighted by molar-refractivity contribution is 0.0607. The van der Waals surface area contributed by atoms with Gasteiger partial charge in [0.15, 0.2) is 11.4 Å². The highest BCUT2D eigenvalue weighted by Gasteiger charge is 2.28. The third-order valence-electron chi connectivity index (χ3n) is 5.14. The number of hydrogen-bond donors (Lipinski definition) is 4. The molecule has 1 saturated heterocycles. The Kier molecular flexibility index (Phi) is 7.12. The average molecular weight is 433 g/mol. The van der Waals surface area contributed by atoms with Gasteiger partial charge in [0, 0.05) is 24.3 Å². The van der Waals surface area contributed by atoms with E-state index < -0.39 is 23.0 Å². The van der Waals surface area contributed by atoms with Crippen LogP contribution in [0.3, 0.4) is 0 Å². The van der Waals surface area contributed by atoms with Crippen LogP contribution >= 0.6 is 11.6 Å². The standard InChI is InChI=1S/C21H25ClN4O4/c1-2-26(16-5-3-4-10-23-16)21(30)17-19(28)18(27)15(12-24-17)20(29)25-11-13-6-8-14(22)9-7-13/h6-9,12,16,23,28H,2-5,10-11H2,1H3,(H,24,27)(H,25,29)/t16-/m1/s1. The summed E-state index contributed by atoms with van der Waals surface area (Å²) >= 11 is 5.84. The molecule has 0 aliphatic carbocycles. The van der Waals surface area contributed by atoms with E-state index in [1.165, 1.54) is 0 Å². The number of H-pyrrole nitrogens is 1. The van der Waals surface area contributed by atoms with Crippen LogP contribution in [0, 0.1) is 0 Å². The third kappa shape index (κ3) is 4.83. The lowest BCUT2D eigenvalue weighted by Crippen LogP contribution is -2.51. The zero-order valence-corrected chi connectivity index (χ0v) is 17.5. The topological polar surface area (TPSA) is 115 Å². The molecule has 0 spiro atoms. The van der Waals surface area contributed by atoms with Crippen molar-refractivity contribution in [3.63, 3.8) is 0 Å². The number of pyridine rings is 1. The predicted octanol–water partition coefficient (Wildman–Crippen LogP) is 2.23. The molecule has 0 unspecified atom stereocenters. The summed E-state index contributed by atoms with van der Waals surface area (Å²) in [5.74, 6) is -1.89. The Labute approximate surface area is 179 Å². The van der Waals surface area contributed by atoms with Crippen LogP contribution in [0.15, 0.2) is 35.3 Å². The summed E-state index contributed by atoms with van der Waals surface area (Å²) in [6.07, 6.45) is 3.85. The first kappa shape index (κ1) is 21.9. The number of aromatic amines is 1. The van der Waals surface area contributed by atoms with Crippen molar-refractivity contribution >= 4 is 23.4 Å². The van der Waals surface area contributed by atoms with Gasteiger partial charge in [-0.3, -0.25) is 19.7 Å². The first-order chi connectivity index (χ1) is 14.4. The van der Waals surface area contributed by atoms with Gasteiger partial charge < -0.3 is 20.3 Å². The van der Waals surface area contributed by atoms with Gasteiger partial charge in [-0.15, -0.1) is 0 Å². The quantitative estimate of drug-likeness (QED) is 0.558. The monoisotopic (exact) mass is 432 g/mol. The van der Waals surface area contributed by atoms with Crippen molar-refractivity contribution in [2.75, 3.05) is 13.1 Å². The lowest BCUT2D eigenvalue weighted by Gasteiger charge is -2.34. The molecule has 2 heterocycles. The maximum absolute atomic E-state index is 12.9. The normalized spacial score (nSPS) is 16.1. The number of hydrogen-bond acceptors (Lipinski definition) is 5. The molecule has 1 aliphatic heterocycles. The molecule has 160 valence electrons. The van der Waals surface area contributed by atoms with E-state index in [0.717, 1.165) is 37.6 Å². The van der Waals surface area contributed by atoms with E-state index in [1.54, 1.807) is 29.2 Å². The molecule has 1 aliphatic rings. The number of carbonyl (C=O) groups excluding carboxylic acids is 2. The van der Waals surface area contributed by atoms with Crippen molar-refractivity contribution in [1.82, 2.24) is 20.5 Å². The van der Waals surface area contributed by atoms with Gasteiger partial charge in [0.2, 0.25) is 5.43 Å². The second-order valence-electron chi connectivity index (χ2n) is 7.12. The van der Waals surface area contributed by atoms with Gasteiger partial charge in [-0.05, 0) is 50.4 Å². The Morgan fingerprint density at radius 1 is 1.27 bits per heavy atom. The number of amides is 2. The smallest absolute Gasteiger partial charge is 0.275 e. The van der Waals surface area contributed by atoms with E-state index in [-0.39, 0.29) is 24.0 Å². The summed E-state index contributed by atoms with van der Waals surface area (Å²) in [6.45, 7) is 3.25. The molecule has 30 heavy (non-hydrogen) atoms. The van der Waals surface area contributed by atoms with Crippen molar-refractivity contribution in [2.45, 2.75) is 38.9 Å². The molecule has 2 amide bonds. The molecule has 9 heteroatoms. The van der Waals surface area contributed by atoms with Gasteiger partial charge in [0.05, 0.1) is 6.17 Å². The SMILES string of the molecule is CCN(C(=O)c1[nH]cc(C(=O)NCc2ccc(Cl)cc2)c(=O)c1O)[C@@H]1CCCCN1. The summed E-state index contributed by atoms with van der Waals surface area (Å²) < 4.78 is 0. The van der Waals surface area contributed by atoms with Crippen LogP contribution < -0.4 is 16.1 Å². The number of halogens is 1. The number of rotatable bonds is 6. The third-order valence-corrected chi connectivity index (χ3v) is 5.40. The highest BCUT2D eigenvalue weighted by atomic mass is 35.5.